The molecule has 0 aromatic heterocycles. The molecular formula is C77H148O6. The van der Waals surface area contributed by atoms with Gasteiger partial charge in [0.1, 0.15) is 13.2 Å². The molecule has 0 bridgehead atoms. The molecule has 6 nitrogen and oxygen atoms in total. The maximum atomic E-state index is 13.0. The van der Waals surface area contributed by atoms with Crippen molar-refractivity contribution < 1.29 is 28.6 Å². The quantitative estimate of drug-likeness (QED) is 0.0261. The van der Waals surface area contributed by atoms with Crippen LogP contribution in [-0.4, -0.2) is 37.2 Å². The van der Waals surface area contributed by atoms with Gasteiger partial charge in [-0.1, -0.05) is 392 Å². The highest BCUT2D eigenvalue weighted by Gasteiger charge is 2.20. The molecular weight excluding hydrogens is 1020 g/mol. The van der Waals surface area contributed by atoms with E-state index in [1.54, 1.807) is 0 Å². The van der Waals surface area contributed by atoms with Crippen LogP contribution in [0.1, 0.15) is 445 Å². The summed E-state index contributed by atoms with van der Waals surface area (Å²) >= 11 is 0. The van der Waals surface area contributed by atoms with Crippen LogP contribution in [0.15, 0.2) is 12.2 Å². The number of hydrogen-bond donors (Lipinski definition) is 0. The molecule has 0 rings (SSSR count). The molecule has 0 aromatic carbocycles. The van der Waals surface area contributed by atoms with E-state index in [0.717, 1.165) is 57.8 Å². The largest absolute Gasteiger partial charge is 0.462 e. The topological polar surface area (TPSA) is 78.9 Å². The average Bonchev–Trinajstić information content (AvgIpc) is 3.49. The Hall–Kier alpha value is -1.85. The second kappa shape index (κ2) is 72.6. The zero-order valence-electron chi connectivity index (χ0n) is 56.8. The number of allylic oxidation sites excluding steroid dienone is 2. The van der Waals surface area contributed by atoms with Gasteiger partial charge < -0.3 is 14.2 Å². The number of carbonyl (C=O) groups excluding carboxylic acids is 3. The Morgan fingerprint density at radius 3 is 0.602 bits per heavy atom. The molecule has 0 fully saturated rings. The number of esters is 3. The molecule has 0 aromatic rings. The molecule has 492 valence electrons. The maximum absolute atomic E-state index is 13.0. The van der Waals surface area contributed by atoms with Crippen molar-refractivity contribution in [2.45, 2.75) is 451 Å². The molecule has 83 heavy (non-hydrogen) atoms. The van der Waals surface area contributed by atoms with Crippen molar-refractivity contribution in [3.8, 4) is 0 Å². The number of hydrogen-bond acceptors (Lipinski definition) is 6. The van der Waals surface area contributed by atoms with Gasteiger partial charge in [0.15, 0.2) is 6.10 Å². The predicted octanol–water partition coefficient (Wildman–Crippen LogP) is 26.3. The fourth-order valence-electron chi connectivity index (χ4n) is 12.0. The lowest BCUT2D eigenvalue weighted by Gasteiger charge is -2.18. The number of carbonyl (C=O) groups is 3. The summed E-state index contributed by atoms with van der Waals surface area (Å²) in [6.45, 7) is 6.75. The third kappa shape index (κ3) is 70.8. The average molecular weight is 1170 g/mol. The lowest BCUT2D eigenvalue weighted by atomic mass is 10.0. The second-order valence-corrected chi connectivity index (χ2v) is 26.3. The van der Waals surface area contributed by atoms with Gasteiger partial charge in [0.2, 0.25) is 0 Å². The molecule has 6 heteroatoms. The zero-order chi connectivity index (χ0) is 59.9. The van der Waals surface area contributed by atoms with Crippen LogP contribution in [0.4, 0.5) is 0 Å². The van der Waals surface area contributed by atoms with Gasteiger partial charge in [-0.3, -0.25) is 14.4 Å². The summed E-state index contributed by atoms with van der Waals surface area (Å²) in [5.74, 6) is -0.819. The normalized spacial score (nSPS) is 12.0. The Kier molecular flexibility index (Phi) is 71.0. The lowest BCUT2D eigenvalue weighted by molar-refractivity contribution is -0.167. The molecule has 0 saturated heterocycles. The molecule has 0 N–H and O–H groups in total. The number of ether oxygens (including phenoxy) is 3. The summed E-state index contributed by atoms with van der Waals surface area (Å²) in [7, 11) is 0. The Balaban J connectivity index is 4.15. The van der Waals surface area contributed by atoms with E-state index in [4.69, 9.17) is 14.2 Å². The minimum atomic E-state index is -0.765. The molecule has 0 spiro atoms. The minimum Gasteiger partial charge on any atom is -0.462 e. The predicted molar refractivity (Wildman–Crippen MR) is 363 cm³/mol. The van der Waals surface area contributed by atoms with E-state index in [9.17, 15) is 14.4 Å². The van der Waals surface area contributed by atoms with Gasteiger partial charge in [-0.05, 0) is 44.9 Å². The summed E-state index contributed by atoms with van der Waals surface area (Å²) in [5.41, 5.74) is 0. The first-order chi connectivity index (χ1) is 41.0. The Labute approximate surface area is 520 Å². The first-order valence-electron chi connectivity index (χ1n) is 38.2. The van der Waals surface area contributed by atoms with Gasteiger partial charge in [0.05, 0.1) is 0 Å². The van der Waals surface area contributed by atoms with Crippen molar-refractivity contribution in [1.82, 2.24) is 0 Å². The van der Waals surface area contributed by atoms with Crippen LogP contribution < -0.4 is 0 Å². The monoisotopic (exact) mass is 1170 g/mol. The van der Waals surface area contributed by atoms with Crippen molar-refractivity contribution in [2.75, 3.05) is 13.2 Å². The van der Waals surface area contributed by atoms with E-state index in [-0.39, 0.29) is 31.1 Å². The van der Waals surface area contributed by atoms with Crippen LogP contribution in [0, 0.1) is 0 Å². The molecule has 0 aliphatic carbocycles. The summed E-state index contributed by atoms with van der Waals surface area (Å²) < 4.78 is 17.0. The Morgan fingerprint density at radius 2 is 0.398 bits per heavy atom. The Bertz CT molecular complexity index is 1300. The van der Waals surface area contributed by atoms with Crippen LogP contribution in [-0.2, 0) is 28.6 Å². The summed E-state index contributed by atoms with van der Waals surface area (Å²) in [5, 5.41) is 0. The highest BCUT2D eigenvalue weighted by Crippen LogP contribution is 2.20. The van der Waals surface area contributed by atoms with E-state index in [2.05, 4.69) is 32.9 Å². The van der Waals surface area contributed by atoms with Crippen LogP contribution >= 0.6 is 0 Å². The molecule has 0 amide bonds. The molecule has 0 heterocycles. The van der Waals surface area contributed by atoms with Gasteiger partial charge >= 0.3 is 17.9 Å². The first kappa shape index (κ1) is 81.2. The lowest BCUT2D eigenvalue weighted by Crippen LogP contribution is -2.30. The third-order valence-corrected chi connectivity index (χ3v) is 17.8. The Morgan fingerprint density at radius 1 is 0.229 bits per heavy atom. The van der Waals surface area contributed by atoms with Gasteiger partial charge in [0, 0.05) is 19.3 Å². The number of rotatable bonds is 72. The van der Waals surface area contributed by atoms with Crippen molar-refractivity contribution in [1.29, 1.82) is 0 Å². The van der Waals surface area contributed by atoms with Crippen LogP contribution in [0.2, 0.25) is 0 Å². The van der Waals surface area contributed by atoms with E-state index in [1.165, 1.54) is 347 Å². The molecule has 0 saturated carbocycles. The van der Waals surface area contributed by atoms with Crippen molar-refractivity contribution in [3.63, 3.8) is 0 Å². The highest BCUT2D eigenvalue weighted by molar-refractivity contribution is 5.71. The zero-order valence-corrected chi connectivity index (χ0v) is 56.8. The fourth-order valence-corrected chi connectivity index (χ4v) is 12.0. The molecule has 0 aliphatic rings. The number of unbranched alkanes of at least 4 members (excludes halogenated alkanes) is 59. The molecule has 1 unspecified atom stereocenters. The maximum Gasteiger partial charge on any atom is 0.306 e. The van der Waals surface area contributed by atoms with E-state index < -0.39 is 6.10 Å². The van der Waals surface area contributed by atoms with Crippen molar-refractivity contribution in [2.24, 2.45) is 0 Å². The third-order valence-electron chi connectivity index (χ3n) is 17.8. The van der Waals surface area contributed by atoms with E-state index >= 15 is 0 Å². The van der Waals surface area contributed by atoms with Crippen LogP contribution in [0.3, 0.4) is 0 Å². The van der Waals surface area contributed by atoms with Crippen LogP contribution in [0.5, 0.6) is 0 Å². The standard InChI is InChI=1S/C77H148O6/c1-4-7-10-13-16-19-22-25-28-31-32-33-34-35-36-37-38-39-40-41-42-43-44-47-49-52-55-58-61-64-67-70-76(79)82-73-74(83-77(80)71-68-65-62-59-56-53-50-46-30-27-24-21-18-15-12-9-6-3)72-81-75(78)69-66-63-60-57-54-51-48-45-29-26-23-20-17-14-11-8-5-2/h31-32,74H,4-30,33-73H2,1-3H3/b32-31-. The minimum absolute atomic E-state index is 0.0613. The van der Waals surface area contributed by atoms with Gasteiger partial charge in [-0.2, -0.15) is 0 Å². The van der Waals surface area contributed by atoms with Gasteiger partial charge in [0.25, 0.3) is 0 Å². The summed E-state index contributed by atoms with van der Waals surface area (Å²) in [6.07, 6.45) is 88.4. The molecule has 1 atom stereocenters. The SMILES string of the molecule is CCCCCCCCCC/C=C\CCCCCCCCCCCCCCCCCCCCCC(=O)OCC(COC(=O)CCCCCCCCCCCCCCCCCCC)OC(=O)CCCCCCCCCCCCCCCCCCC. The molecule has 0 radical (unpaired) electrons. The smallest absolute Gasteiger partial charge is 0.306 e. The van der Waals surface area contributed by atoms with E-state index in [0.29, 0.717) is 19.3 Å². The van der Waals surface area contributed by atoms with Gasteiger partial charge in [-0.25, -0.2) is 0 Å². The summed E-state index contributed by atoms with van der Waals surface area (Å²) in [4.78, 5) is 38.5. The summed E-state index contributed by atoms with van der Waals surface area (Å²) in [6, 6.07) is 0. The van der Waals surface area contributed by atoms with Crippen LogP contribution in [0.25, 0.3) is 0 Å². The van der Waals surface area contributed by atoms with Crippen molar-refractivity contribution >= 4 is 17.9 Å². The van der Waals surface area contributed by atoms with Gasteiger partial charge in [-0.15, -0.1) is 0 Å². The molecule has 0 aliphatic heterocycles. The highest BCUT2D eigenvalue weighted by atomic mass is 16.6. The fraction of sp³-hybridized carbons (Fsp3) is 0.935. The first-order valence-corrected chi connectivity index (χ1v) is 38.2. The van der Waals surface area contributed by atoms with E-state index in [1.807, 2.05) is 0 Å². The van der Waals surface area contributed by atoms with Crippen molar-refractivity contribution in [3.05, 3.63) is 12.2 Å². The second-order valence-electron chi connectivity index (χ2n) is 26.3.